The van der Waals surface area contributed by atoms with Gasteiger partial charge in [0.1, 0.15) is 11.9 Å². The van der Waals surface area contributed by atoms with Gasteiger partial charge < -0.3 is 20.1 Å². The number of imidazole rings is 1. The molecule has 20 heavy (non-hydrogen) atoms. The van der Waals surface area contributed by atoms with Crippen LogP contribution in [0.15, 0.2) is 12.4 Å². The number of rotatable bonds is 2. The molecule has 7 nitrogen and oxygen atoms in total. The molecule has 2 aliphatic heterocycles. The van der Waals surface area contributed by atoms with Gasteiger partial charge in [0.15, 0.2) is 0 Å². The second kappa shape index (κ2) is 5.15. The number of carbonyl (C=O) groups is 2. The van der Waals surface area contributed by atoms with Gasteiger partial charge in [0.05, 0.1) is 6.54 Å². The lowest BCUT2D eigenvalue weighted by atomic mass is 9.95. The zero-order valence-electron chi connectivity index (χ0n) is 11.5. The van der Waals surface area contributed by atoms with Gasteiger partial charge in [-0.3, -0.25) is 4.79 Å². The SMILES string of the molecule is CN1C[C@H](C(=O)N2CCC(c3ncc[nH]3)CC2)NC1=O. The molecule has 3 rings (SSSR count). The molecule has 7 heteroatoms. The molecule has 0 aliphatic carbocycles. The maximum atomic E-state index is 12.3. The first kappa shape index (κ1) is 13.0. The topological polar surface area (TPSA) is 81.3 Å². The Bertz CT molecular complexity index is 493. The predicted molar refractivity (Wildman–Crippen MR) is 72.1 cm³/mol. The van der Waals surface area contributed by atoms with Crippen molar-refractivity contribution < 1.29 is 9.59 Å². The molecule has 0 aromatic carbocycles. The molecule has 0 bridgehead atoms. The summed E-state index contributed by atoms with van der Waals surface area (Å²) in [5.41, 5.74) is 0. The van der Waals surface area contributed by atoms with Crippen molar-refractivity contribution in [2.75, 3.05) is 26.7 Å². The lowest BCUT2D eigenvalue weighted by Crippen LogP contribution is -2.48. The Hall–Kier alpha value is -2.05. The van der Waals surface area contributed by atoms with Crippen molar-refractivity contribution in [3.05, 3.63) is 18.2 Å². The molecule has 3 amide bonds. The summed E-state index contributed by atoms with van der Waals surface area (Å²) in [5.74, 6) is 1.43. The van der Waals surface area contributed by atoms with Gasteiger partial charge in [-0.15, -0.1) is 0 Å². The van der Waals surface area contributed by atoms with Crippen molar-refractivity contribution in [3.63, 3.8) is 0 Å². The molecular weight excluding hydrogens is 258 g/mol. The Morgan fingerprint density at radius 2 is 2.15 bits per heavy atom. The minimum Gasteiger partial charge on any atom is -0.348 e. The number of H-pyrrole nitrogens is 1. The lowest BCUT2D eigenvalue weighted by Gasteiger charge is -2.32. The highest BCUT2D eigenvalue weighted by atomic mass is 16.2. The van der Waals surface area contributed by atoms with E-state index < -0.39 is 6.04 Å². The third-order valence-electron chi connectivity index (χ3n) is 4.11. The van der Waals surface area contributed by atoms with Gasteiger partial charge >= 0.3 is 6.03 Å². The average molecular weight is 277 g/mol. The molecule has 2 N–H and O–H groups in total. The van der Waals surface area contributed by atoms with E-state index in [0.717, 1.165) is 31.8 Å². The lowest BCUT2D eigenvalue weighted by molar-refractivity contribution is -0.133. The van der Waals surface area contributed by atoms with Gasteiger partial charge in [0.25, 0.3) is 0 Å². The van der Waals surface area contributed by atoms with E-state index >= 15 is 0 Å². The third kappa shape index (κ3) is 2.35. The van der Waals surface area contributed by atoms with Gasteiger partial charge in [0, 0.05) is 38.4 Å². The second-order valence-corrected chi connectivity index (χ2v) is 5.46. The highest BCUT2D eigenvalue weighted by Crippen LogP contribution is 2.25. The van der Waals surface area contributed by atoms with Crippen molar-refractivity contribution in [2.24, 2.45) is 0 Å². The van der Waals surface area contributed by atoms with Gasteiger partial charge in [-0.05, 0) is 12.8 Å². The van der Waals surface area contributed by atoms with Crippen molar-refractivity contribution in [3.8, 4) is 0 Å². The molecular formula is C13H19N5O2. The molecule has 0 saturated carbocycles. The van der Waals surface area contributed by atoms with E-state index in [4.69, 9.17) is 0 Å². The highest BCUT2D eigenvalue weighted by molar-refractivity contribution is 5.90. The van der Waals surface area contributed by atoms with Crippen molar-refractivity contribution >= 4 is 11.9 Å². The fraction of sp³-hybridized carbons (Fsp3) is 0.615. The van der Waals surface area contributed by atoms with Crippen molar-refractivity contribution in [2.45, 2.75) is 24.8 Å². The zero-order valence-corrected chi connectivity index (χ0v) is 11.5. The summed E-state index contributed by atoms with van der Waals surface area (Å²) < 4.78 is 0. The number of amides is 3. The Labute approximate surface area is 117 Å². The monoisotopic (exact) mass is 277 g/mol. The molecule has 2 saturated heterocycles. The van der Waals surface area contributed by atoms with Crippen LogP contribution in [0.4, 0.5) is 4.79 Å². The van der Waals surface area contributed by atoms with Crippen LogP contribution in [-0.2, 0) is 4.79 Å². The standard InChI is InChI=1S/C13H19N5O2/c1-17-8-10(16-13(17)20)12(19)18-6-2-9(3-7-18)11-14-4-5-15-11/h4-5,9-10H,2-3,6-8H2,1H3,(H,14,15)(H,16,20)/t10-/m1/s1. The first-order chi connectivity index (χ1) is 9.65. The average Bonchev–Trinajstić information content (AvgIpc) is 3.09. The number of likely N-dealkylation sites (tertiary alicyclic amines) is 1. The number of carbonyl (C=O) groups excluding carboxylic acids is 2. The van der Waals surface area contributed by atoms with Crippen LogP contribution in [0.3, 0.4) is 0 Å². The van der Waals surface area contributed by atoms with E-state index in [0.29, 0.717) is 12.5 Å². The molecule has 108 valence electrons. The number of nitrogens with zero attached hydrogens (tertiary/aromatic N) is 3. The van der Waals surface area contributed by atoms with Crippen molar-refractivity contribution in [1.82, 2.24) is 25.1 Å². The van der Waals surface area contributed by atoms with E-state index in [1.807, 2.05) is 11.1 Å². The number of aromatic nitrogens is 2. The summed E-state index contributed by atoms with van der Waals surface area (Å²) in [6, 6.07) is -0.568. The summed E-state index contributed by atoms with van der Waals surface area (Å²) in [4.78, 5) is 34.6. The second-order valence-electron chi connectivity index (χ2n) is 5.46. The van der Waals surface area contributed by atoms with Gasteiger partial charge in [-0.1, -0.05) is 0 Å². The summed E-state index contributed by atoms with van der Waals surface area (Å²) in [6.07, 6.45) is 5.42. The molecule has 0 spiro atoms. The number of likely N-dealkylation sites (N-methyl/N-ethyl adjacent to an activating group) is 1. The maximum Gasteiger partial charge on any atom is 0.317 e. The normalized spacial score (nSPS) is 24.1. The summed E-state index contributed by atoms with van der Waals surface area (Å²) >= 11 is 0. The Morgan fingerprint density at radius 3 is 2.70 bits per heavy atom. The van der Waals surface area contributed by atoms with Crippen LogP contribution in [-0.4, -0.2) is 64.4 Å². The first-order valence-corrected chi connectivity index (χ1v) is 6.95. The minimum absolute atomic E-state index is 0.0283. The number of nitrogens with one attached hydrogen (secondary N) is 2. The molecule has 0 unspecified atom stereocenters. The number of hydrogen-bond donors (Lipinski definition) is 2. The van der Waals surface area contributed by atoms with Gasteiger partial charge in [-0.25, -0.2) is 9.78 Å². The van der Waals surface area contributed by atoms with Crippen LogP contribution >= 0.6 is 0 Å². The van der Waals surface area contributed by atoms with E-state index in [2.05, 4.69) is 15.3 Å². The maximum absolute atomic E-state index is 12.3. The van der Waals surface area contributed by atoms with E-state index in [1.165, 1.54) is 4.90 Å². The third-order valence-corrected chi connectivity index (χ3v) is 4.11. The fourth-order valence-corrected chi connectivity index (χ4v) is 2.90. The summed E-state index contributed by atoms with van der Waals surface area (Å²) in [7, 11) is 1.70. The Morgan fingerprint density at radius 1 is 1.40 bits per heavy atom. The van der Waals surface area contributed by atoms with E-state index in [9.17, 15) is 9.59 Å². The highest BCUT2D eigenvalue weighted by Gasteiger charge is 2.35. The van der Waals surface area contributed by atoms with Crippen LogP contribution in [0.2, 0.25) is 0 Å². The largest absolute Gasteiger partial charge is 0.348 e. The number of hydrogen-bond acceptors (Lipinski definition) is 3. The zero-order chi connectivity index (χ0) is 14.1. The number of piperidine rings is 1. The molecule has 3 heterocycles. The van der Waals surface area contributed by atoms with Crippen LogP contribution in [0.25, 0.3) is 0 Å². The smallest absolute Gasteiger partial charge is 0.317 e. The van der Waals surface area contributed by atoms with Crippen LogP contribution in [0, 0.1) is 0 Å². The van der Waals surface area contributed by atoms with Crippen molar-refractivity contribution in [1.29, 1.82) is 0 Å². The van der Waals surface area contributed by atoms with Crippen LogP contribution in [0.1, 0.15) is 24.6 Å². The molecule has 1 aromatic heterocycles. The molecule has 0 radical (unpaired) electrons. The van der Waals surface area contributed by atoms with E-state index in [1.54, 1.807) is 13.2 Å². The Balaban J connectivity index is 1.56. The molecule has 1 aromatic rings. The summed E-state index contributed by atoms with van der Waals surface area (Å²) in [5, 5.41) is 2.72. The van der Waals surface area contributed by atoms with Gasteiger partial charge in [0.2, 0.25) is 5.91 Å². The van der Waals surface area contributed by atoms with Crippen LogP contribution < -0.4 is 5.32 Å². The summed E-state index contributed by atoms with van der Waals surface area (Å²) in [6.45, 7) is 1.90. The first-order valence-electron chi connectivity index (χ1n) is 6.95. The quantitative estimate of drug-likeness (QED) is 0.807. The molecule has 1 atom stereocenters. The predicted octanol–water partition coefficient (Wildman–Crippen LogP) is 0.139. The minimum atomic E-state index is -0.396. The number of urea groups is 1. The fourth-order valence-electron chi connectivity index (χ4n) is 2.90. The molecule has 2 aliphatic rings. The van der Waals surface area contributed by atoms with Crippen LogP contribution in [0.5, 0.6) is 0 Å². The molecule has 2 fully saturated rings. The Kier molecular flexibility index (Phi) is 3.33. The van der Waals surface area contributed by atoms with Gasteiger partial charge in [-0.2, -0.15) is 0 Å². The number of aromatic amines is 1. The van der Waals surface area contributed by atoms with E-state index in [-0.39, 0.29) is 11.9 Å².